The van der Waals surface area contributed by atoms with Crippen LogP contribution in [0.3, 0.4) is 0 Å². The first-order valence-corrected chi connectivity index (χ1v) is 5.73. The van der Waals surface area contributed by atoms with Crippen molar-refractivity contribution in [3.05, 3.63) is 38.6 Å². The molecular formula is C9H5BrClNS. The van der Waals surface area contributed by atoms with E-state index in [0.29, 0.717) is 5.15 Å². The predicted molar refractivity (Wildman–Crippen MR) is 60.3 cm³/mol. The van der Waals surface area contributed by atoms with Crippen LogP contribution in [0.25, 0.3) is 11.3 Å². The van der Waals surface area contributed by atoms with Crippen molar-refractivity contribution in [1.29, 1.82) is 0 Å². The monoisotopic (exact) mass is 273 g/mol. The highest BCUT2D eigenvalue weighted by molar-refractivity contribution is 9.10. The van der Waals surface area contributed by atoms with Crippen molar-refractivity contribution in [3.63, 3.8) is 0 Å². The van der Waals surface area contributed by atoms with Gasteiger partial charge in [0.15, 0.2) is 0 Å². The van der Waals surface area contributed by atoms with Crippen LogP contribution < -0.4 is 0 Å². The molecule has 13 heavy (non-hydrogen) atoms. The molecule has 0 fully saturated rings. The number of thiophene rings is 1. The van der Waals surface area contributed by atoms with E-state index in [1.54, 1.807) is 17.4 Å². The summed E-state index contributed by atoms with van der Waals surface area (Å²) in [6.07, 6.45) is 0. The summed E-state index contributed by atoms with van der Waals surface area (Å²) in [6, 6.07) is 5.61. The number of aromatic nitrogens is 1. The van der Waals surface area contributed by atoms with Gasteiger partial charge in [-0.3, -0.25) is 0 Å². The number of pyridine rings is 1. The standard InChI is InChI=1S/C9H5BrClNS/c10-7-5-13-4-6(7)8-2-1-3-9(11)12-8/h1-5H. The average Bonchev–Trinajstić information content (AvgIpc) is 2.51. The number of halogens is 2. The van der Waals surface area contributed by atoms with E-state index in [4.69, 9.17) is 11.6 Å². The van der Waals surface area contributed by atoms with Gasteiger partial charge in [0.25, 0.3) is 0 Å². The second-order valence-electron chi connectivity index (χ2n) is 2.48. The molecule has 0 amide bonds. The van der Waals surface area contributed by atoms with Crippen LogP contribution in [0, 0.1) is 0 Å². The molecule has 0 aliphatic rings. The number of hydrogen-bond donors (Lipinski definition) is 0. The van der Waals surface area contributed by atoms with Gasteiger partial charge in [-0.2, -0.15) is 11.3 Å². The van der Waals surface area contributed by atoms with Gasteiger partial charge in [0, 0.05) is 20.8 Å². The molecule has 2 aromatic heterocycles. The van der Waals surface area contributed by atoms with Gasteiger partial charge >= 0.3 is 0 Å². The molecule has 0 bridgehead atoms. The van der Waals surface area contributed by atoms with Crippen LogP contribution in [0.4, 0.5) is 0 Å². The molecule has 2 heterocycles. The molecule has 0 radical (unpaired) electrons. The average molecular weight is 275 g/mol. The second kappa shape index (κ2) is 3.78. The lowest BCUT2D eigenvalue weighted by Crippen LogP contribution is -1.81. The summed E-state index contributed by atoms with van der Waals surface area (Å²) in [5.41, 5.74) is 1.99. The third-order valence-corrected chi connectivity index (χ3v) is 3.52. The fourth-order valence-corrected chi connectivity index (χ4v) is 2.68. The molecule has 0 aliphatic heterocycles. The van der Waals surface area contributed by atoms with Crippen molar-refractivity contribution in [2.45, 2.75) is 0 Å². The van der Waals surface area contributed by atoms with Crippen molar-refractivity contribution in [2.24, 2.45) is 0 Å². The highest BCUT2D eigenvalue weighted by Crippen LogP contribution is 2.30. The third-order valence-electron chi connectivity index (χ3n) is 1.61. The summed E-state index contributed by atoms with van der Waals surface area (Å²) in [4.78, 5) is 4.22. The van der Waals surface area contributed by atoms with Crippen LogP contribution in [-0.2, 0) is 0 Å². The molecule has 0 spiro atoms. The van der Waals surface area contributed by atoms with Gasteiger partial charge in [-0.15, -0.1) is 0 Å². The maximum Gasteiger partial charge on any atom is 0.129 e. The van der Waals surface area contributed by atoms with E-state index in [0.717, 1.165) is 15.7 Å². The second-order valence-corrected chi connectivity index (χ2v) is 4.46. The van der Waals surface area contributed by atoms with E-state index in [1.807, 2.05) is 22.9 Å². The minimum atomic E-state index is 0.524. The van der Waals surface area contributed by atoms with E-state index >= 15 is 0 Å². The molecule has 66 valence electrons. The zero-order chi connectivity index (χ0) is 9.26. The zero-order valence-corrected chi connectivity index (χ0v) is 9.66. The van der Waals surface area contributed by atoms with E-state index in [2.05, 4.69) is 20.9 Å². The van der Waals surface area contributed by atoms with Crippen LogP contribution in [0.1, 0.15) is 0 Å². The van der Waals surface area contributed by atoms with Gasteiger partial charge < -0.3 is 0 Å². The SMILES string of the molecule is Clc1cccc(-c2cscc2Br)n1. The summed E-state index contributed by atoms with van der Waals surface area (Å²) in [5, 5.41) is 4.59. The van der Waals surface area contributed by atoms with Crippen molar-refractivity contribution < 1.29 is 0 Å². The molecule has 0 saturated carbocycles. The summed E-state index contributed by atoms with van der Waals surface area (Å²) >= 11 is 10.9. The lowest BCUT2D eigenvalue weighted by Gasteiger charge is -1.97. The highest BCUT2D eigenvalue weighted by Gasteiger charge is 2.04. The Morgan fingerprint density at radius 3 is 2.77 bits per heavy atom. The van der Waals surface area contributed by atoms with Crippen molar-refractivity contribution in [2.75, 3.05) is 0 Å². The Hall–Kier alpha value is -0.380. The molecule has 2 rings (SSSR count). The van der Waals surface area contributed by atoms with Crippen LogP contribution >= 0.6 is 38.9 Å². The molecule has 2 aromatic rings. The Morgan fingerprint density at radius 2 is 2.15 bits per heavy atom. The fourth-order valence-electron chi connectivity index (χ4n) is 1.02. The lowest BCUT2D eigenvalue weighted by molar-refractivity contribution is 1.33. The smallest absolute Gasteiger partial charge is 0.129 e. The molecule has 0 atom stereocenters. The van der Waals surface area contributed by atoms with Gasteiger partial charge in [-0.1, -0.05) is 17.7 Å². The number of rotatable bonds is 1. The Bertz CT molecular complexity index is 427. The summed E-state index contributed by atoms with van der Waals surface area (Å²) in [7, 11) is 0. The Balaban J connectivity index is 2.53. The maximum absolute atomic E-state index is 5.79. The van der Waals surface area contributed by atoms with Gasteiger partial charge in [0.1, 0.15) is 5.15 Å². The van der Waals surface area contributed by atoms with E-state index < -0.39 is 0 Å². The number of hydrogen-bond acceptors (Lipinski definition) is 2. The van der Waals surface area contributed by atoms with Gasteiger partial charge in [0.05, 0.1) is 5.69 Å². The first kappa shape index (κ1) is 9.19. The van der Waals surface area contributed by atoms with Gasteiger partial charge in [-0.25, -0.2) is 4.98 Å². The summed E-state index contributed by atoms with van der Waals surface area (Å²) in [5.74, 6) is 0. The normalized spacial score (nSPS) is 10.3. The molecule has 1 nitrogen and oxygen atoms in total. The molecule has 0 N–H and O–H groups in total. The van der Waals surface area contributed by atoms with Crippen LogP contribution in [0.2, 0.25) is 5.15 Å². The molecule has 0 saturated heterocycles. The topological polar surface area (TPSA) is 12.9 Å². The third kappa shape index (κ3) is 1.93. The molecule has 0 unspecified atom stereocenters. The van der Waals surface area contributed by atoms with Crippen LogP contribution in [0.5, 0.6) is 0 Å². The van der Waals surface area contributed by atoms with Gasteiger partial charge in [0.2, 0.25) is 0 Å². The molecular weight excluding hydrogens is 270 g/mol. The van der Waals surface area contributed by atoms with Crippen molar-refractivity contribution >= 4 is 38.9 Å². The first-order valence-electron chi connectivity index (χ1n) is 3.62. The Morgan fingerprint density at radius 1 is 1.31 bits per heavy atom. The minimum Gasteiger partial charge on any atom is -0.236 e. The van der Waals surface area contributed by atoms with E-state index in [-0.39, 0.29) is 0 Å². The predicted octanol–water partition coefficient (Wildman–Crippen LogP) is 4.23. The molecule has 0 aromatic carbocycles. The Kier molecular flexibility index (Phi) is 2.67. The lowest BCUT2D eigenvalue weighted by atomic mass is 10.2. The summed E-state index contributed by atoms with van der Waals surface area (Å²) in [6.45, 7) is 0. The quantitative estimate of drug-likeness (QED) is 0.709. The largest absolute Gasteiger partial charge is 0.236 e. The molecule has 0 aliphatic carbocycles. The zero-order valence-electron chi connectivity index (χ0n) is 6.50. The first-order chi connectivity index (χ1) is 6.27. The maximum atomic E-state index is 5.79. The summed E-state index contributed by atoms with van der Waals surface area (Å²) < 4.78 is 1.06. The molecule has 4 heteroatoms. The van der Waals surface area contributed by atoms with E-state index in [1.165, 1.54) is 0 Å². The van der Waals surface area contributed by atoms with Crippen molar-refractivity contribution in [1.82, 2.24) is 4.98 Å². The van der Waals surface area contributed by atoms with Crippen LogP contribution in [-0.4, -0.2) is 4.98 Å². The number of nitrogens with zero attached hydrogens (tertiary/aromatic N) is 1. The highest BCUT2D eigenvalue weighted by atomic mass is 79.9. The Labute approximate surface area is 93.5 Å². The van der Waals surface area contributed by atoms with Gasteiger partial charge in [-0.05, 0) is 28.1 Å². The van der Waals surface area contributed by atoms with Crippen molar-refractivity contribution in [3.8, 4) is 11.3 Å². The minimum absolute atomic E-state index is 0.524. The van der Waals surface area contributed by atoms with Crippen LogP contribution in [0.15, 0.2) is 33.4 Å². The fraction of sp³-hybridized carbons (Fsp3) is 0. The van der Waals surface area contributed by atoms with E-state index in [9.17, 15) is 0 Å².